The van der Waals surface area contributed by atoms with Gasteiger partial charge in [0.25, 0.3) is 0 Å². The van der Waals surface area contributed by atoms with E-state index in [9.17, 15) is 8.42 Å². The minimum absolute atomic E-state index is 0.470. The van der Waals surface area contributed by atoms with E-state index in [2.05, 4.69) is 42.4 Å². The van der Waals surface area contributed by atoms with Crippen molar-refractivity contribution in [2.75, 3.05) is 31.1 Å². The smallest absolute Gasteiger partial charge is 0.236 e. The fraction of sp³-hybridized carbons (Fsp3) is 0.389. The molecule has 7 nitrogen and oxygen atoms in total. The molecule has 0 aliphatic carbocycles. The van der Waals surface area contributed by atoms with Crippen molar-refractivity contribution in [3.8, 4) is 0 Å². The lowest BCUT2D eigenvalue weighted by molar-refractivity contribution is 0.388. The van der Waals surface area contributed by atoms with Crippen LogP contribution in [0.15, 0.2) is 48.3 Å². The van der Waals surface area contributed by atoms with Gasteiger partial charge in [-0.15, -0.1) is 0 Å². The van der Waals surface area contributed by atoms with Gasteiger partial charge in [-0.2, -0.15) is 4.31 Å². The number of halogens is 1. The van der Waals surface area contributed by atoms with Crippen LogP contribution in [0.1, 0.15) is 18.7 Å². The number of unbranched alkanes of at least 4 members (excludes halogenated alkanes) is 1. The van der Waals surface area contributed by atoms with Crippen LogP contribution in [0.25, 0.3) is 0 Å². The number of allylic oxidation sites excluding steroid dienone is 1. The molecule has 1 saturated heterocycles. The molecular formula is C18H22IN5O2S. The van der Waals surface area contributed by atoms with Crippen LogP contribution in [0, 0.1) is 3.57 Å². The highest BCUT2D eigenvalue weighted by molar-refractivity contribution is 14.1. The lowest BCUT2D eigenvalue weighted by Gasteiger charge is -2.34. The summed E-state index contributed by atoms with van der Waals surface area (Å²) in [6.45, 7) is 2.23. The maximum Gasteiger partial charge on any atom is 0.236 e. The van der Waals surface area contributed by atoms with Crippen LogP contribution in [0.2, 0.25) is 0 Å². The minimum atomic E-state index is -3.37. The monoisotopic (exact) mass is 499 g/mol. The lowest BCUT2D eigenvalue weighted by Crippen LogP contribution is -2.48. The summed E-state index contributed by atoms with van der Waals surface area (Å²) in [5.74, 6) is 1.68. The van der Waals surface area contributed by atoms with Crippen LogP contribution in [0.3, 0.4) is 0 Å². The molecule has 1 aliphatic rings. The molecule has 3 heterocycles. The summed E-state index contributed by atoms with van der Waals surface area (Å²) in [5, 5.41) is 1.33. The second kappa shape index (κ2) is 9.56. The maximum atomic E-state index is 12.5. The van der Waals surface area contributed by atoms with E-state index in [-0.39, 0.29) is 0 Å². The zero-order chi connectivity index (χ0) is 19.1. The molecule has 0 saturated carbocycles. The summed E-state index contributed by atoms with van der Waals surface area (Å²) in [6, 6.07) is 5.77. The van der Waals surface area contributed by atoms with E-state index < -0.39 is 10.0 Å². The Kier molecular flexibility index (Phi) is 7.13. The Hall–Kier alpha value is -1.59. The second-order valence-electron chi connectivity index (χ2n) is 6.19. The molecule has 0 radical (unpaired) electrons. The quantitative estimate of drug-likeness (QED) is 0.430. The fourth-order valence-electron chi connectivity index (χ4n) is 2.84. The van der Waals surface area contributed by atoms with Gasteiger partial charge in [-0.3, -0.25) is 0 Å². The minimum Gasteiger partial charge on any atom is -0.354 e. The van der Waals surface area contributed by atoms with E-state index in [1.807, 2.05) is 18.3 Å². The van der Waals surface area contributed by atoms with Crippen LogP contribution in [0.4, 0.5) is 5.82 Å². The average molecular weight is 499 g/mol. The van der Waals surface area contributed by atoms with Crippen LogP contribution >= 0.6 is 22.6 Å². The van der Waals surface area contributed by atoms with Gasteiger partial charge >= 0.3 is 0 Å². The molecule has 9 heteroatoms. The molecule has 0 N–H and O–H groups in total. The molecule has 1 fully saturated rings. The van der Waals surface area contributed by atoms with Crippen LogP contribution in [-0.4, -0.2) is 53.9 Å². The lowest BCUT2D eigenvalue weighted by atomic mass is 10.2. The normalized spacial score (nSPS) is 16.1. The highest BCUT2D eigenvalue weighted by Crippen LogP contribution is 2.17. The molecule has 27 heavy (non-hydrogen) atoms. The van der Waals surface area contributed by atoms with E-state index in [0.29, 0.717) is 32.6 Å². The van der Waals surface area contributed by atoms with Gasteiger partial charge in [-0.05, 0) is 53.6 Å². The van der Waals surface area contributed by atoms with Gasteiger partial charge in [0, 0.05) is 60.2 Å². The maximum absolute atomic E-state index is 12.5. The van der Waals surface area contributed by atoms with E-state index in [0.717, 1.165) is 28.1 Å². The SMILES string of the molecule is O=S(=O)(/C=C/CCCc1ncccn1)N1CCN(c2ccc(I)cn2)CC1. The third-order valence-corrected chi connectivity index (χ3v) is 6.55. The highest BCUT2D eigenvalue weighted by Gasteiger charge is 2.25. The van der Waals surface area contributed by atoms with Crippen molar-refractivity contribution >= 4 is 38.4 Å². The largest absolute Gasteiger partial charge is 0.354 e. The number of aromatic nitrogens is 3. The molecule has 0 bridgehead atoms. The Balaban J connectivity index is 1.45. The third-order valence-electron chi connectivity index (χ3n) is 4.29. The molecule has 0 amide bonds. The first-order valence-electron chi connectivity index (χ1n) is 8.84. The van der Waals surface area contributed by atoms with Crippen molar-refractivity contribution in [1.29, 1.82) is 0 Å². The number of nitrogens with zero attached hydrogens (tertiary/aromatic N) is 5. The number of hydrogen-bond donors (Lipinski definition) is 0. The summed E-state index contributed by atoms with van der Waals surface area (Å²) < 4.78 is 27.6. The standard InChI is InChI=1S/C18H22IN5O2S/c19-16-6-7-18(22-15-16)23-10-12-24(13-11-23)27(25,26)14-3-1-2-5-17-20-8-4-9-21-17/h3-4,6-9,14-15H,1-2,5,10-13H2/b14-3+. The van der Waals surface area contributed by atoms with Gasteiger partial charge < -0.3 is 4.90 Å². The summed E-state index contributed by atoms with van der Waals surface area (Å²) in [4.78, 5) is 14.9. The molecular weight excluding hydrogens is 477 g/mol. The first-order chi connectivity index (χ1) is 13.0. The predicted molar refractivity (Wildman–Crippen MR) is 114 cm³/mol. The van der Waals surface area contributed by atoms with E-state index >= 15 is 0 Å². The van der Waals surface area contributed by atoms with Crippen molar-refractivity contribution in [3.63, 3.8) is 0 Å². The summed E-state index contributed by atoms with van der Waals surface area (Å²) in [7, 11) is -3.37. The molecule has 0 atom stereocenters. The second-order valence-corrected chi connectivity index (χ2v) is 9.26. The number of sulfonamides is 1. The molecule has 2 aromatic rings. The number of anilines is 1. The Labute approximate surface area is 173 Å². The van der Waals surface area contributed by atoms with Crippen molar-refractivity contribution in [2.45, 2.75) is 19.3 Å². The highest BCUT2D eigenvalue weighted by atomic mass is 127. The molecule has 2 aromatic heterocycles. The molecule has 0 unspecified atom stereocenters. The summed E-state index contributed by atoms with van der Waals surface area (Å²) >= 11 is 2.22. The Morgan fingerprint density at radius 2 is 1.81 bits per heavy atom. The zero-order valence-electron chi connectivity index (χ0n) is 14.9. The average Bonchev–Trinajstić information content (AvgIpc) is 2.69. The number of rotatable bonds is 7. The third kappa shape index (κ3) is 5.94. The zero-order valence-corrected chi connectivity index (χ0v) is 17.9. The van der Waals surface area contributed by atoms with E-state index in [4.69, 9.17) is 0 Å². The summed E-state index contributed by atoms with van der Waals surface area (Å²) in [6.07, 6.45) is 9.23. The Morgan fingerprint density at radius 3 is 2.48 bits per heavy atom. The fourth-order valence-corrected chi connectivity index (χ4v) is 4.38. The van der Waals surface area contributed by atoms with Gasteiger partial charge in [-0.25, -0.2) is 23.4 Å². The van der Waals surface area contributed by atoms with Gasteiger partial charge in [0.2, 0.25) is 10.0 Å². The van der Waals surface area contributed by atoms with Crippen LogP contribution < -0.4 is 4.90 Å². The number of hydrogen-bond acceptors (Lipinski definition) is 6. The molecule has 144 valence electrons. The Bertz CT molecular complexity index is 851. The molecule has 3 rings (SSSR count). The van der Waals surface area contributed by atoms with Gasteiger partial charge in [0.1, 0.15) is 11.6 Å². The first kappa shape index (κ1) is 20.2. The molecule has 0 spiro atoms. The number of piperazine rings is 1. The Morgan fingerprint density at radius 1 is 1.07 bits per heavy atom. The van der Waals surface area contributed by atoms with Gasteiger partial charge in [0.15, 0.2) is 0 Å². The molecule has 1 aliphatic heterocycles. The van der Waals surface area contributed by atoms with Crippen molar-refractivity contribution in [3.05, 3.63) is 57.7 Å². The number of pyridine rings is 1. The number of aryl methyl sites for hydroxylation is 1. The molecule has 0 aromatic carbocycles. The first-order valence-corrected chi connectivity index (χ1v) is 11.4. The van der Waals surface area contributed by atoms with Gasteiger partial charge in [-0.1, -0.05) is 6.08 Å². The predicted octanol–water partition coefficient (Wildman–Crippen LogP) is 2.46. The van der Waals surface area contributed by atoms with E-state index in [1.54, 1.807) is 24.5 Å². The van der Waals surface area contributed by atoms with Gasteiger partial charge in [0.05, 0.1) is 0 Å². The summed E-state index contributed by atoms with van der Waals surface area (Å²) in [5.41, 5.74) is 0. The van der Waals surface area contributed by atoms with Crippen molar-refractivity contribution in [2.24, 2.45) is 0 Å². The topological polar surface area (TPSA) is 79.3 Å². The van der Waals surface area contributed by atoms with E-state index in [1.165, 1.54) is 9.71 Å². The van der Waals surface area contributed by atoms with Crippen molar-refractivity contribution < 1.29 is 8.42 Å². The van der Waals surface area contributed by atoms with Crippen LogP contribution in [0.5, 0.6) is 0 Å². The van der Waals surface area contributed by atoms with Crippen molar-refractivity contribution in [1.82, 2.24) is 19.3 Å². The van der Waals surface area contributed by atoms with Crippen LogP contribution in [-0.2, 0) is 16.4 Å².